The molecule has 4 nitrogen and oxygen atoms in total. The van der Waals surface area contributed by atoms with E-state index in [2.05, 4.69) is 10.3 Å². The second kappa shape index (κ2) is 8.77. The van der Waals surface area contributed by atoms with Crippen molar-refractivity contribution in [1.29, 1.82) is 0 Å². The molecule has 1 N–H and O–H groups in total. The first-order valence-corrected chi connectivity index (χ1v) is 9.03. The predicted octanol–water partition coefficient (Wildman–Crippen LogP) is 5.16. The number of nitrogens with zero attached hydrogens (tertiary/aromatic N) is 2. The Morgan fingerprint density at radius 2 is 1.79 bits per heavy atom. The van der Waals surface area contributed by atoms with E-state index < -0.39 is 11.7 Å². The van der Waals surface area contributed by atoms with Gasteiger partial charge in [0.25, 0.3) is 5.91 Å². The van der Waals surface area contributed by atoms with Crippen LogP contribution in [0.2, 0.25) is 0 Å². The van der Waals surface area contributed by atoms with Gasteiger partial charge in [-0.15, -0.1) is 0 Å². The van der Waals surface area contributed by atoms with E-state index in [1.165, 1.54) is 12.1 Å². The Morgan fingerprint density at radius 1 is 1.03 bits per heavy atom. The second-order valence-electron chi connectivity index (χ2n) is 6.55. The molecule has 29 heavy (non-hydrogen) atoms. The van der Waals surface area contributed by atoms with Crippen molar-refractivity contribution in [2.75, 3.05) is 18.9 Å². The Hall–Kier alpha value is -3.35. The van der Waals surface area contributed by atoms with Gasteiger partial charge in [0.2, 0.25) is 0 Å². The summed E-state index contributed by atoms with van der Waals surface area (Å²) < 4.78 is 38.9. The average Bonchev–Trinajstić information content (AvgIpc) is 2.72. The van der Waals surface area contributed by atoms with Gasteiger partial charge in [-0.25, -0.2) is 0 Å². The Kier molecular flexibility index (Phi) is 6.16. The fourth-order valence-electron chi connectivity index (χ4n) is 2.84. The first kappa shape index (κ1) is 20.4. The molecule has 0 unspecified atom stereocenters. The molecule has 7 heteroatoms. The molecule has 1 aromatic heterocycles. The van der Waals surface area contributed by atoms with Crippen molar-refractivity contribution >= 4 is 17.3 Å². The maximum absolute atomic E-state index is 13.0. The maximum Gasteiger partial charge on any atom is 0.416 e. The Morgan fingerprint density at radius 3 is 2.52 bits per heavy atom. The number of carbonyl (C=O) groups excluding carboxylic acids is 1. The summed E-state index contributed by atoms with van der Waals surface area (Å²) in [6.07, 6.45) is -2.13. The highest BCUT2D eigenvalue weighted by Crippen LogP contribution is 2.32. The lowest BCUT2D eigenvalue weighted by atomic mass is 10.1. The number of hydrogen-bond donors (Lipinski definition) is 1. The summed E-state index contributed by atoms with van der Waals surface area (Å²) >= 11 is 0. The lowest BCUT2D eigenvalue weighted by molar-refractivity contribution is -0.137. The number of anilines is 2. The van der Waals surface area contributed by atoms with Gasteiger partial charge >= 0.3 is 6.18 Å². The molecule has 3 rings (SSSR count). The van der Waals surface area contributed by atoms with Crippen molar-refractivity contribution < 1.29 is 18.0 Å². The zero-order valence-corrected chi connectivity index (χ0v) is 15.8. The van der Waals surface area contributed by atoms with Crippen LogP contribution < -0.4 is 5.32 Å². The van der Waals surface area contributed by atoms with Crippen LogP contribution in [0.1, 0.15) is 21.6 Å². The molecule has 2 aromatic carbocycles. The minimum Gasteiger partial charge on any atom is -0.355 e. The molecule has 0 saturated heterocycles. The molecule has 3 aromatic rings. The summed E-state index contributed by atoms with van der Waals surface area (Å²) in [4.78, 5) is 18.7. The number of rotatable bonds is 6. The third kappa shape index (κ3) is 5.34. The normalized spacial score (nSPS) is 11.2. The van der Waals surface area contributed by atoms with Crippen LogP contribution in [0.15, 0.2) is 72.9 Å². The van der Waals surface area contributed by atoms with Gasteiger partial charge in [-0.05, 0) is 42.5 Å². The first-order valence-electron chi connectivity index (χ1n) is 9.03. The minimum atomic E-state index is -4.43. The van der Waals surface area contributed by atoms with Crippen molar-refractivity contribution in [2.45, 2.75) is 12.6 Å². The number of carbonyl (C=O) groups is 1. The van der Waals surface area contributed by atoms with Gasteiger partial charge in [-0.3, -0.25) is 9.78 Å². The summed E-state index contributed by atoms with van der Waals surface area (Å²) in [6, 6.07) is 17.2. The van der Waals surface area contributed by atoms with Crippen molar-refractivity contribution in [2.24, 2.45) is 0 Å². The lowest BCUT2D eigenvalue weighted by Gasteiger charge is -2.20. The average molecular weight is 399 g/mol. The van der Waals surface area contributed by atoms with E-state index in [9.17, 15) is 18.0 Å². The highest BCUT2D eigenvalue weighted by atomic mass is 19.4. The summed E-state index contributed by atoms with van der Waals surface area (Å²) in [5, 5.41) is 2.93. The molecule has 0 spiro atoms. The Labute approximate surface area is 167 Å². The molecule has 0 atom stereocenters. The Bertz CT molecular complexity index is 974. The van der Waals surface area contributed by atoms with E-state index in [0.717, 1.165) is 17.8 Å². The fourth-order valence-corrected chi connectivity index (χ4v) is 2.84. The number of amides is 1. The molecule has 0 bridgehead atoms. The standard InChI is InChI=1S/C22H20F3N3O/c1-28(14-12-17-8-4-5-13-26-17)21(29)19-10-2-3-11-20(19)27-18-9-6-7-16(15-18)22(23,24)25/h2-11,13,15,27H,12,14H2,1H3. The van der Waals surface area contributed by atoms with Crippen LogP contribution in [0.5, 0.6) is 0 Å². The van der Waals surface area contributed by atoms with Crippen molar-refractivity contribution in [3.63, 3.8) is 0 Å². The van der Waals surface area contributed by atoms with Crippen molar-refractivity contribution in [3.05, 3.63) is 89.7 Å². The SMILES string of the molecule is CN(CCc1ccccn1)C(=O)c1ccccc1Nc1cccc(C(F)(F)F)c1. The van der Waals surface area contributed by atoms with Gasteiger partial charge < -0.3 is 10.2 Å². The molecule has 0 saturated carbocycles. The maximum atomic E-state index is 13.0. The van der Waals surface area contributed by atoms with Crippen molar-refractivity contribution in [1.82, 2.24) is 9.88 Å². The summed E-state index contributed by atoms with van der Waals surface area (Å²) in [5.41, 5.74) is 1.22. The minimum absolute atomic E-state index is 0.226. The number of pyridine rings is 1. The second-order valence-corrected chi connectivity index (χ2v) is 6.55. The first-order chi connectivity index (χ1) is 13.8. The number of alkyl halides is 3. The largest absolute Gasteiger partial charge is 0.416 e. The molecule has 0 aliphatic rings. The number of nitrogens with one attached hydrogen (secondary N) is 1. The smallest absolute Gasteiger partial charge is 0.355 e. The lowest BCUT2D eigenvalue weighted by Crippen LogP contribution is -2.29. The van der Waals surface area contributed by atoms with Crippen LogP contribution in [0, 0.1) is 0 Å². The number of likely N-dealkylation sites (N-methyl/N-ethyl adjacent to an activating group) is 1. The molecular weight excluding hydrogens is 379 g/mol. The van der Waals surface area contributed by atoms with Gasteiger partial charge in [0.15, 0.2) is 0 Å². The molecule has 1 amide bonds. The fraction of sp³-hybridized carbons (Fsp3) is 0.182. The highest BCUT2D eigenvalue weighted by Gasteiger charge is 2.30. The summed E-state index contributed by atoms with van der Waals surface area (Å²) in [6.45, 7) is 0.466. The van der Waals surface area contributed by atoms with Crippen LogP contribution in [-0.2, 0) is 12.6 Å². The summed E-state index contributed by atoms with van der Waals surface area (Å²) in [7, 11) is 1.69. The van der Waals surface area contributed by atoms with Crippen molar-refractivity contribution in [3.8, 4) is 0 Å². The van der Waals surface area contributed by atoms with Gasteiger partial charge in [-0.2, -0.15) is 13.2 Å². The van der Waals surface area contributed by atoms with Gasteiger partial charge in [0.05, 0.1) is 16.8 Å². The van der Waals surface area contributed by atoms with E-state index in [0.29, 0.717) is 24.2 Å². The van der Waals surface area contributed by atoms with E-state index in [1.54, 1.807) is 42.4 Å². The molecule has 0 radical (unpaired) electrons. The Balaban J connectivity index is 1.75. The van der Waals surface area contributed by atoms with Gasteiger partial charge in [0, 0.05) is 37.6 Å². The number of hydrogen-bond acceptors (Lipinski definition) is 3. The molecule has 0 aliphatic heterocycles. The molecule has 0 aliphatic carbocycles. The monoisotopic (exact) mass is 399 g/mol. The van der Waals surface area contributed by atoms with Crippen LogP contribution in [-0.4, -0.2) is 29.4 Å². The number of halogens is 3. The van der Waals surface area contributed by atoms with E-state index in [4.69, 9.17) is 0 Å². The summed E-state index contributed by atoms with van der Waals surface area (Å²) in [5.74, 6) is -0.226. The van der Waals surface area contributed by atoms with E-state index in [1.807, 2.05) is 18.2 Å². The van der Waals surface area contributed by atoms with Crippen LogP contribution in [0.4, 0.5) is 24.5 Å². The highest BCUT2D eigenvalue weighted by molar-refractivity contribution is 6.00. The third-order valence-electron chi connectivity index (χ3n) is 4.40. The zero-order chi connectivity index (χ0) is 20.9. The van der Waals surface area contributed by atoms with Crippen LogP contribution >= 0.6 is 0 Å². The number of benzene rings is 2. The van der Waals surface area contributed by atoms with E-state index >= 15 is 0 Å². The molecule has 1 heterocycles. The van der Waals surface area contributed by atoms with Gasteiger partial charge in [0.1, 0.15) is 0 Å². The number of para-hydroxylation sites is 1. The van der Waals surface area contributed by atoms with Gasteiger partial charge in [-0.1, -0.05) is 24.3 Å². The molecule has 150 valence electrons. The predicted molar refractivity (Wildman–Crippen MR) is 106 cm³/mol. The topological polar surface area (TPSA) is 45.2 Å². The molecular formula is C22H20F3N3O. The van der Waals surface area contributed by atoms with E-state index in [-0.39, 0.29) is 11.6 Å². The number of aromatic nitrogens is 1. The zero-order valence-electron chi connectivity index (χ0n) is 15.8. The quantitative estimate of drug-likeness (QED) is 0.623. The molecule has 0 fully saturated rings. The van der Waals surface area contributed by atoms with Crippen LogP contribution in [0.25, 0.3) is 0 Å². The van der Waals surface area contributed by atoms with Crippen LogP contribution in [0.3, 0.4) is 0 Å². The third-order valence-corrected chi connectivity index (χ3v) is 4.40.